The minimum Gasteiger partial charge on any atom is -0.334 e. The Hall–Kier alpha value is -3.06. The normalized spacial score (nSPS) is 18.9. The van der Waals surface area contributed by atoms with Gasteiger partial charge in [-0.3, -0.25) is 4.79 Å². The number of hydrogen-bond donors (Lipinski definition) is 0. The van der Waals surface area contributed by atoms with E-state index in [2.05, 4.69) is 46.2 Å². The number of aryl methyl sites for hydroxylation is 2. The second-order valence-electron chi connectivity index (χ2n) is 8.15. The predicted octanol–water partition coefficient (Wildman–Crippen LogP) is 3.10. The molecule has 7 heteroatoms. The monoisotopic (exact) mass is 407 g/mol. The van der Waals surface area contributed by atoms with Crippen molar-refractivity contribution in [1.29, 1.82) is 0 Å². The van der Waals surface area contributed by atoms with E-state index in [-0.39, 0.29) is 29.5 Å². The van der Waals surface area contributed by atoms with Gasteiger partial charge in [0.25, 0.3) is 5.91 Å². The first kappa shape index (κ1) is 20.2. The van der Waals surface area contributed by atoms with Gasteiger partial charge >= 0.3 is 0 Å². The zero-order chi connectivity index (χ0) is 21.4. The maximum Gasteiger partial charge on any atom is 0.293 e. The van der Waals surface area contributed by atoms with Crippen LogP contribution in [-0.2, 0) is 7.05 Å². The Bertz CT molecular complexity index is 1040. The van der Waals surface area contributed by atoms with Crippen LogP contribution in [-0.4, -0.2) is 63.7 Å². The van der Waals surface area contributed by atoms with E-state index in [1.165, 1.54) is 23.3 Å². The summed E-state index contributed by atoms with van der Waals surface area (Å²) in [6.45, 7) is 3.31. The first-order chi connectivity index (χ1) is 14.3. The summed E-state index contributed by atoms with van der Waals surface area (Å²) < 4.78 is 14.8. The Kier molecular flexibility index (Phi) is 5.39. The topological polar surface area (TPSA) is 54.3 Å². The van der Waals surface area contributed by atoms with Crippen LogP contribution in [0.3, 0.4) is 0 Å². The molecule has 0 aliphatic carbocycles. The maximum absolute atomic E-state index is 13.2. The van der Waals surface area contributed by atoms with E-state index >= 15 is 0 Å². The molecule has 6 nitrogen and oxygen atoms in total. The van der Waals surface area contributed by atoms with E-state index in [0.717, 1.165) is 5.56 Å². The van der Waals surface area contributed by atoms with E-state index in [4.69, 9.17) is 0 Å². The van der Waals surface area contributed by atoms with E-state index in [1.807, 2.05) is 19.0 Å². The molecule has 2 heterocycles. The van der Waals surface area contributed by atoms with Gasteiger partial charge in [0.15, 0.2) is 5.82 Å². The number of carbonyl (C=O) groups is 1. The Morgan fingerprint density at radius 1 is 1.07 bits per heavy atom. The predicted molar refractivity (Wildman–Crippen MR) is 114 cm³/mol. The van der Waals surface area contributed by atoms with Gasteiger partial charge in [-0.15, -0.1) is 5.10 Å². The first-order valence-electron chi connectivity index (χ1n) is 10.0. The minimum absolute atomic E-state index is 0.166. The number of nitrogens with zero attached hydrogens (tertiary/aromatic N) is 5. The van der Waals surface area contributed by atoms with Crippen LogP contribution in [0.5, 0.6) is 0 Å². The van der Waals surface area contributed by atoms with Crippen molar-refractivity contribution in [1.82, 2.24) is 24.6 Å². The lowest BCUT2D eigenvalue weighted by Gasteiger charge is -2.25. The molecule has 2 aromatic carbocycles. The van der Waals surface area contributed by atoms with Gasteiger partial charge in [-0.05, 0) is 50.8 Å². The van der Waals surface area contributed by atoms with Crippen molar-refractivity contribution in [2.45, 2.75) is 18.9 Å². The Labute approximate surface area is 175 Å². The fraction of sp³-hybridized carbons (Fsp3) is 0.348. The third-order valence-corrected chi connectivity index (χ3v) is 5.80. The highest BCUT2D eigenvalue weighted by Crippen LogP contribution is 2.31. The number of benzene rings is 2. The zero-order valence-corrected chi connectivity index (χ0v) is 17.7. The SMILES string of the molecule is Cc1ccc([C@H]2CN(C(=O)c3nc(-c4ccc(F)cc4)n(C)n3)C[C@@H]2N(C)C)cc1. The van der Waals surface area contributed by atoms with Gasteiger partial charge in [0.05, 0.1) is 0 Å². The standard InChI is InChI=1S/C23H26FN5O/c1-15-5-7-16(8-6-15)19-13-29(14-20(19)27(2)3)23(30)21-25-22(28(4)26-21)17-9-11-18(24)12-10-17/h5-12,19-20H,13-14H2,1-4H3/t19-,20+/m1/s1. The number of halogens is 1. The molecule has 1 aliphatic heterocycles. The summed E-state index contributed by atoms with van der Waals surface area (Å²) in [6, 6.07) is 14.8. The summed E-state index contributed by atoms with van der Waals surface area (Å²) in [7, 11) is 5.83. The van der Waals surface area contributed by atoms with Crippen molar-refractivity contribution >= 4 is 5.91 Å². The maximum atomic E-state index is 13.2. The summed E-state index contributed by atoms with van der Waals surface area (Å²) in [6.07, 6.45) is 0. The Morgan fingerprint density at radius 2 is 1.73 bits per heavy atom. The molecule has 156 valence electrons. The van der Waals surface area contributed by atoms with Crippen molar-refractivity contribution < 1.29 is 9.18 Å². The molecule has 3 aromatic rings. The van der Waals surface area contributed by atoms with Crippen LogP contribution in [0.4, 0.5) is 4.39 Å². The first-order valence-corrected chi connectivity index (χ1v) is 10.0. The summed E-state index contributed by atoms with van der Waals surface area (Å²) in [5.41, 5.74) is 3.17. The van der Waals surface area contributed by atoms with Gasteiger partial charge in [0.1, 0.15) is 5.82 Å². The highest BCUT2D eigenvalue weighted by atomic mass is 19.1. The van der Waals surface area contributed by atoms with Crippen LogP contribution in [0.15, 0.2) is 48.5 Å². The van der Waals surface area contributed by atoms with E-state index < -0.39 is 0 Å². The van der Waals surface area contributed by atoms with Crippen LogP contribution in [0, 0.1) is 12.7 Å². The summed E-state index contributed by atoms with van der Waals surface area (Å²) in [5, 5.41) is 4.34. The summed E-state index contributed by atoms with van der Waals surface area (Å²) in [5.74, 6) is 0.437. The van der Waals surface area contributed by atoms with E-state index in [0.29, 0.717) is 18.9 Å². The number of likely N-dealkylation sites (tertiary alicyclic amines) is 1. The Morgan fingerprint density at radius 3 is 2.37 bits per heavy atom. The second kappa shape index (κ2) is 7.99. The third-order valence-electron chi connectivity index (χ3n) is 5.80. The molecule has 1 amide bonds. The number of amides is 1. The fourth-order valence-corrected chi connectivity index (χ4v) is 4.08. The minimum atomic E-state index is -0.314. The largest absolute Gasteiger partial charge is 0.334 e. The van der Waals surface area contributed by atoms with Gasteiger partial charge in [-0.1, -0.05) is 29.8 Å². The molecule has 2 atom stereocenters. The summed E-state index contributed by atoms with van der Waals surface area (Å²) >= 11 is 0. The fourth-order valence-electron chi connectivity index (χ4n) is 4.08. The Balaban J connectivity index is 1.58. The summed E-state index contributed by atoms with van der Waals surface area (Å²) in [4.78, 5) is 21.7. The number of likely N-dealkylation sites (N-methyl/N-ethyl adjacent to an activating group) is 1. The molecule has 0 unspecified atom stereocenters. The molecule has 0 saturated carbocycles. The van der Waals surface area contributed by atoms with E-state index in [9.17, 15) is 9.18 Å². The highest BCUT2D eigenvalue weighted by molar-refractivity contribution is 5.91. The van der Waals surface area contributed by atoms with Gasteiger partial charge in [-0.2, -0.15) is 0 Å². The lowest BCUT2D eigenvalue weighted by molar-refractivity contribution is 0.0770. The average Bonchev–Trinajstić information content (AvgIpc) is 3.33. The van der Waals surface area contributed by atoms with E-state index in [1.54, 1.807) is 23.9 Å². The third kappa shape index (κ3) is 3.85. The molecule has 0 bridgehead atoms. The second-order valence-corrected chi connectivity index (χ2v) is 8.15. The molecular weight excluding hydrogens is 381 g/mol. The van der Waals surface area contributed by atoms with Crippen LogP contribution in [0.25, 0.3) is 11.4 Å². The molecule has 1 saturated heterocycles. The molecule has 4 rings (SSSR count). The number of hydrogen-bond acceptors (Lipinski definition) is 4. The van der Waals surface area contributed by atoms with Crippen molar-refractivity contribution in [3.63, 3.8) is 0 Å². The highest BCUT2D eigenvalue weighted by Gasteiger charge is 2.38. The molecule has 0 N–H and O–H groups in total. The van der Waals surface area contributed by atoms with Crippen LogP contribution in [0.1, 0.15) is 27.7 Å². The van der Waals surface area contributed by atoms with Gasteiger partial charge in [0, 0.05) is 37.7 Å². The van der Waals surface area contributed by atoms with Crippen LogP contribution in [0.2, 0.25) is 0 Å². The zero-order valence-electron chi connectivity index (χ0n) is 17.7. The molecule has 30 heavy (non-hydrogen) atoms. The van der Waals surface area contributed by atoms with Gasteiger partial charge in [0.2, 0.25) is 5.82 Å². The molecule has 1 aromatic heterocycles. The van der Waals surface area contributed by atoms with Gasteiger partial charge < -0.3 is 9.80 Å². The molecule has 1 fully saturated rings. The lowest BCUT2D eigenvalue weighted by Crippen LogP contribution is -2.36. The number of aromatic nitrogens is 3. The van der Waals surface area contributed by atoms with Crippen LogP contribution >= 0.6 is 0 Å². The quantitative estimate of drug-likeness (QED) is 0.667. The smallest absolute Gasteiger partial charge is 0.293 e. The average molecular weight is 407 g/mol. The molecule has 0 spiro atoms. The number of carbonyl (C=O) groups excluding carboxylic acids is 1. The van der Waals surface area contributed by atoms with Crippen LogP contribution < -0.4 is 0 Å². The molecule has 1 aliphatic rings. The van der Waals surface area contributed by atoms with Crippen molar-refractivity contribution in [2.24, 2.45) is 7.05 Å². The van der Waals surface area contributed by atoms with Crippen molar-refractivity contribution in [2.75, 3.05) is 27.2 Å². The number of rotatable bonds is 4. The molecule has 0 radical (unpaired) electrons. The lowest BCUT2D eigenvalue weighted by atomic mass is 9.93. The van der Waals surface area contributed by atoms with Crippen molar-refractivity contribution in [3.05, 3.63) is 71.3 Å². The van der Waals surface area contributed by atoms with Crippen molar-refractivity contribution in [3.8, 4) is 11.4 Å². The van der Waals surface area contributed by atoms with Gasteiger partial charge in [-0.25, -0.2) is 14.1 Å². The molecular formula is C23H26FN5O.